The van der Waals surface area contributed by atoms with Gasteiger partial charge in [-0.1, -0.05) is 6.42 Å². The van der Waals surface area contributed by atoms with E-state index in [4.69, 9.17) is 4.74 Å². The molecule has 0 spiro atoms. The first-order valence-corrected chi connectivity index (χ1v) is 5.86. The van der Waals surface area contributed by atoms with Gasteiger partial charge in [0.2, 0.25) is 0 Å². The van der Waals surface area contributed by atoms with Crippen LogP contribution in [0.4, 0.5) is 10.1 Å². The second kappa shape index (κ2) is 5.30. The predicted molar refractivity (Wildman–Crippen MR) is 61.9 cm³/mol. The minimum absolute atomic E-state index is 0.119. The standard InChI is InChI=1S/C12H14FNO4/c13-8-5-6-9(14(16)17)12(7-8)18-11-4-2-1-3-10(11)15/h5-7,10-11,15H,1-4H2/t10-,11-/m1/s1. The monoisotopic (exact) mass is 255 g/mol. The van der Waals surface area contributed by atoms with Crippen LogP contribution in [0, 0.1) is 15.9 Å². The SMILES string of the molecule is O=[N+]([O-])c1ccc(F)cc1O[C@@H]1CCCC[C@H]1O. The summed E-state index contributed by atoms with van der Waals surface area (Å²) < 4.78 is 18.5. The maximum atomic E-state index is 13.1. The highest BCUT2D eigenvalue weighted by Gasteiger charge is 2.27. The number of halogens is 1. The lowest BCUT2D eigenvalue weighted by molar-refractivity contribution is -0.386. The molecule has 1 aliphatic carbocycles. The van der Waals surface area contributed by atoms with Crippen molar-refractivity contribution in [1.29, 1.82) is 0 Å². The first kappa shape index (κ1) is 12.8. The number of nitro benzene ring substituents is 1. The topological polar surface area (TPSA) is 72.6 Å². The lowest BCUT2D eigenvalue weighted by Gasteiger charge is -2.27. The van der Waals surface area contributed by atoms with E-state index in [1.807, 2.05) is 0 Å². The molecule has 0 unspecified atom stereocenters. The number of nitrogens with zero attached hydrogens (tertiary/aromatic N) is 1. The maximum Gasteiger partial charge on any atom is 0.311 e. The predicted octanol–water partition coefficient (Wildman–Crippen LogP) is 2.42. The summed E-state index contributed by atoms with van der Waals surface area (Å²) in [5.41, 5.74) is -0.283. The maximum absolute atomic E-state index is 13.1. The summed E-state index contributed by atoms with van der Waals surface area (Å²) in [6.45, 7) is 0. The number of rotatable bonds is 3. The van der Waals surface area contributed by atoms with Gasteiger partial charge in [0.25, 0.3) is 0 Å². The largest absolute Gasteiger partial charge is 0.481 e. The molecule has 0 aromatic heterocycles. The van der Waals surface area contributed by atoms with Crippen LogP contribution in [0.5, 0.6) is 5.75 Å². The number of aliphatic hydroxyl groups excluding tert-OH is 1. The first-order chi connectivity index (χ1) is 8.58. The average molecular weight is 255 g/mol. The van der Waals surface area contributed by atoms with E-state index >= 15 is 0 Å². The molecule has 1 saturated carbocycles. The van der Waals surface area contributed by atoms with Gasteiger partial charge in [-0.3, -0.25) is 10.1 Å². The molecule has 6 heteroatoms. The van der Waals surface area contributed by atoms with E-state index in [1.165, 1.54) is 0 Å². The number of ether oxygens (including phenoxy) is 1. The van der Waals surface area contributed by atoms with E-state index in [1.54, 1.807) is 0 Å². The third kappa shape index (κ3) is 2.76. The highest BCUT2D eigenvalue weighted by atomic mass is 19.1. The normalized spacial score (nSPS) is 23.7. The molecule has 1 aromatic rings. The molecule has 0 aliphatic heterocycles. The number of nitro groups is 1. The van der Waals surface area contributed by atoms with E-state index in [9.17, 15) is 19.6 Å². The van der Waals surface area contributed by atoms with E-state index in [0.29, 0.717) is 12.8 Å². The van der Waals surface area contributed by atoms with Crippen LogP contribution in [0.2, 0.25) is 0 Å². The minimum atomic E-state index is -0.651. The van der Waals surface area contributed by atoms with E-state index in [-0.39, 0.29) is 11.4 Å². The summed E-state index contributed by atoms with van der Waals surface area (Å²) >= 11 is 0. The molecule has 0 heterocycles. The van der Waals surface area contributed by atoms with Crippen molar-refractivity contribution in [3.63, 3.8) is 0 Å². The van der Waals surface area contributed by atoms with Crippen molar-refractivity contribution < 1.29 is 19.2 Å². The average Bonchev–Trinajstić information content (AvgIpc) is 2.32. The van der Waals surface area contributed by atoms with Crippen LogP contribution in [0.1, 0.15) is 25.7 Å². The third-order valence-electron chi connectivity index (χ3n) is 3.06. The smallest absolute Gasteiger partial charge is 0.311 e. The summed E-state index contributed by atoms with van der Waals surface area (Å²) in [6.07, 6.45) is 1.88. The molecular formula is C12H14FNO4. The molecule has 98 valence electrons. The lowest BCUT2D eigenvalue weighted by Crippen LogP contribution is -2.34. The fourth-order valence-electron chi connectivity index (χ4n) is 2.11. The van der Waals surface area contributed by atoms with Crippen LogP contribution in [0.3, 0.4) is 0 Å². The highest BCUT2D eigenvalue weighted by Crippen LogP contribution is 2.31. The minimum Gasteiger partial charge on any atom is -0.481 e. The fourth-order valence-corrected chi connectivity index (χ4v) is 2.11. The van der Waals surface area contributed by atoms with Crippen LogP contribution in [0.25, 0.3) is 0 Å². The van der Waals surface area contributed by atoms with Gasteiger partial charge in [0, 0.05) is 12.1 Å². The quantitative estimate of drug-likeness (QED) is 0.665. The Labute approximate surface area is 103 Å². The van der Waals surface area contributed by atoms with Gasteiger partial charge in [-0.25, -0.2) is 4.39 Å². The molecular weight excluding hydrogens is 241 g/mol. The zero-order valence-corrected chi connectivity index (χ0v) is 9.71. The zero-order chi connectivity index (χ0) is 13.1. The number of hydrogen-bond acceptors (Lipinski definition) is 4. The van der Waals surface area contributed by atoms with Crippen molar-refractivity contribution in [3.8, 4) is 5.75 Å². The molecule has 2 atom stereocenters. The Morgan fingerprint density at radius 1 is 1.39 bits per heavy atom. The van der Waals surface area contributed by atoms with Gasteiger partial charge in [-0.15, -0.1) is 0 Å². The van der Waals surface area contributed by atoms with Crippen LogP contribution < -0.4 is 4.74 Å². The second-order valence-corrected chi connectivity index (χ2v) is 4.38. The Bertz CT molecular complexity index is 452. The van der Waals surface area contributed by atoms with Gasteiger partial charge < -0.3 is 9.84 Å². The number of hydrogen-bond donors (Lipinski definition) is 1. The highest BCUT2D eigenvalue weighted by molar-refractivity contribution is 5.46. The van der Waals surface area contributed by atoms with E-state index in [0.717, 1.165) is 31.0 Å². The van der Waals surface area contributed by atoms with Crippen LogP contribution >= 0.6 is 0 Å². The summed E-state index contributed by atoms with van der Waals surface area (Å²) in [5.74, 6) is -0.716. The number of benzene rings is 1. The molecule has 0 bridgehead atoms. The van der Waals surface area contributed by atoms with E-state index in [2.05, 4.69) is 0 Å². The van der Waals surface area contributed by atoms with Crippen molar-refractivity contribution in [1.82, 2.24) is 0 Å². The summed E-state index contributed by atoms with van der Waals surface area (Å²) in [5, 5.41) is 20.5. The van der Waals surface area contributed by atoms with Gasteiger partial charge in [0.1, 0.15) is 11.9 Å². The van der Waals surface area contributed by atoms with Crippen LogP contribution in [-0.4, -0.2) is 22.2 Å². The van der Waals surface area contributed by atoms with Crippen LogP contribution in [0.15, 0.2) is 18.2 Å². The molecule has 0 saturated heterocycles. The van der Waals surface area contributed by atoms with Crippen molar-refractivity contribution in [2.45, 2.75) is 37.9 Å². The molecule has 5 nitrogen and oxygen atoms in total. The van der Waals surface area contributed by atoms with Crippen molar-refractivity contribution in [3.05, 3.63) is 34.1 Å². The molecule has 1 fully saturated rings. The van der Waals surface area contributed by atoms with Crippen molar-refractivity contribution in [2.24, 2.45) is 0 Å². The van der Waals surface area contributed by atoms with E-state index < -0.39 is 22.9 Å². The Morgan fingerprint density at radius 2 is 2.11 bits per heavy atom. The summed E-state index contributed by atoms with van der Waals surface area (Å²) in [7, 11) is 0. The Balaban J connectivity index is 2.21. The first-order valence-electron chi connectivity index (χ1n) is 5.86. The lowest BCUT2D eigenvalue weighted by atomic mass is 9.95. The summed E-state index contributed by atoms with van der Waals surface area (Å²) in [4.78, 5) is 10.2. The van der Waals surface area contributed by atoms with Gasteiger partial charge in [0.15, 0.2) is 5.75 Å². The van der Waals surface area contributed by atoms with Crippen molar-refractivity contribution >= 4 is 5.69 Å². The molecule has 18 heavy (non-hydrogen) atoms. The Morgan fingerprint density at radius 3 is 2.78 bits per heavy atom. The molecule has 1 aromatic carbocycles. The number of aliphatic hydroxyl groups is 1. The molecule has 0 radical (unpaired) electrons. The van der Waals surface area contributed by atoms with Gasteiger partial charge >= 0.3 is 5.69 Å². The zero-order valence-electron chi connectivity index (χ0n) is 9.71. The molecule has 2 rings (SSSR count). The van der Waals surface area contributed by atoms with Gasteiger partial charge in [-0.05, 0) is 25.3 Å². The van der Waals surface area contributed by atoms with Gasteiger partial charge in [-0.2, -0.15) is 0 Å². The summed E-state index contributed by atoms with van der Waals surface area (Å²) in [6, 6.07) is 3.07. The third-order valence-corrected chi connectivity index (χ3v) is 3.06. The molecule has 1 aliphatic rings. The Hall–Kier alpha value is -1.69. The van der Waals surface area contributed by atoms with Gasteiger partial charge in [0.05, 0.1) is 11.0 Å². The van der Waals surface area contributed by atoms with Crippen molar-refractivity contribution in [2.75, 3.05) is 0 Å². The fraction of sp³-hybridized carbons (Fsp3) is 0.500. The van der Waals surface area contributed by atoms with Crippen LogP contribution in [-0.2, 0) is 0 Å². The molecule has 0 amide bonds. The Kier molecular flexibility index (Phi) is 3.76. The molecule has 1 N–H and O–H groups in total. The second-order valence-electron chi connectivity index (χ2n) is 4.38.